The van der Waals surface area contributed by atoms with Crippen LogP contribution in [0, 0.1) is 5.92 Å². The Bertz CT molecular complexity index is 184. The van der Waals surface area contributed by atoms with Crippen LogP contribution in [0.4, 0.5) is 0 Å². The quantitative estimate of drug-likeness (QED) is 0.687. The van der Waals surface area contributed by atoms with E-state index in [4.69, 9.17) is 9.84 Å². The molecule has 4 heteroatoms. The number of aliphatic hydroxyl groups is 1. The largest absolute Gasteiger partial charge is 0.396 e. The third-order valence-corrected chi connectivity index (χ3v) is 2.77. The van der Waals surface area contributed by atoms with Crippen LogP contribution in [0.1, 0.15) is 25.7 Å². The van der Waals surface area contributed by atoms with Crippen LogP contribution in [0.5, 0.6) is 0 Å². The molecule has 1 amide bonds. The molecule has 0 radical (unpaired) electrons. The first-order chi connectivity index (χ1) is 6.77. The molecular formula is C10H19NO3. The first-order valence-corrected chi connectivity index (χ1v) is 5.17. The van der Waals surface area contributed by atoms with Crippen molar-refractivity contribution in [1.82, 2.24) is 5.32 Å². The molecule has 0 bridgehead atoms. The Kier molecular flexibility index (Phi) is 4.90. The first kappa shape index (κ1) is 11.5. The molecule has 0 aromatic heterocycles. The van der Waals surface area contributed by atoms with Gasteiger partial charge in [0, 0.05) is 25.7 Å². The molecule has 0 aromatic carbocycles. The summed E-state index contributed by atoms with van der Waals surface area (Å²) in [7, 11) is 1.50. The van der Waals surface area contributed by atoms with E-state index in [0.717, 1.165) is 25.7 Å². The fourth-order valence-electron chi connectivity index (χ4n) is 2.00. The number of rotatable bonds is 4. The molecule has 1 rings (SSSR count). The maximum absolute atomic E-state index is 11.3. The SMILES string of the molecule is COCC(=O)NC1CCCCC1CO. The van der Waals surface area contributed by atoms with Crippen LogP contribution in [0.15, 0.2) is 0 Å². The van der Waals surface area contributed by atoms with Crippen molar-refractivity contribution >= 4 is 5.91 Å². The highest BCUT2D eigenvalue weighted by Gasteiger charge is 2.25. The van der Waals surface area contributed by atoms with Gasteiger partial charge in [0.2, 0.25) is 5.91 Å². The summed E-state index contributed by atoms with van der Waals surface area (Å²) < 4.78 is 4.74. The minimum Gasteiger partial charge on any atom is -0.396 e. The third kappa shape index (κ3) is 3.27. The van der Waals surface area contributed by atoms with Crippen LogP contribution in [-0.4, -0.2) is 37.4 Å². The molecule has 4 nitrogen and oxygen atoms in total. The Balaban J connectivity index is 2.36. The van der Waals surface area contributed by atoms with Gasteiger partial charge in [-0.1, -0.05) is 12.8 Å². The van der Waals surface area contributed by atoms with Gasteiger partial charge in [-0.05, 0) is 12.8 Å². The number of amides is 1. The van der Waals surface area contributed by atoms with Crippen LogP contribution in [0.2, 0.25) is 0 Å². The lowest BCUT2D eigenvalue weighted by Crippen LogP contribution is -2.44. The van der Waals surface area contributed by atoms with Gasteiger partial charge in [0.15, 0.2) is 0 Å². The third-order valence-electron chi connectivity index (χ3n) is 2.77. The fourth-order valence-corrected chi connectivity index (χ4v) is 2.00. The molecule has 2 atom stereocenters. The first-order valence-electron chi connectivity index (χ1n) is 5.17. The van der Waals surface area contributed by atoms with Gasteiger partial charge >= 0.3 is 0 Å². The van der Waals surface area contributed by atoms with Crippen LogP contribution >= 0.6 is 0 Å². The van der Waals surface area contributed by atoms with E-state index in [1.807, 2.05) is 0 Å². The van der Waals surface area contributed by atoms with Crippen molar-refractivity contribution in [3.8, 4) is 0 Å². The minimum absolute atomic E-state index is 0.0853. The van der Waals surface area contributed by atoms with E-state index >= 15 is 0 Å². The van der Waals surface area contributed by atoms with E-state index < -0.39 is 0 Å². The molecule has 2 unspecified atom stereocenters. The normalized spacial score (nSPS) is 27.3. The topological polar surface area (TPSA) is 58.6 Å². The fraction of sp³-hybridized carbons (Fsp3) is 0.900. The Hall–Kier alpha value is -0.610. The molecule has 14 heavy (non-hydrogen) atoms. The Morgan fingerprint density at radius 1 is 1.50 bits per heavy atom. The van der Waals surface area contributed by atoms with Crippen molar-refractivity contribution in [3.05, 3.63) is 0 Å². The van der Waals surface area contributed by atoms with Gasteiger partial charge in [-0.3, -0.25) is 4.79 Å². The van der Waals surface area contributed by atoms with Gasteiger partial charge in [-0.15, -0.1) is 0 Å². The van der Waals surface area contributed by atoms with Crippen LogP contribution < -0.4 is 5.32 Å². The lowest BCUT2D eigenvalue weighted by Gasteiger charge is -2.30. The van der Waals surface area contributed by atoms with E-state index in [2.05, 4.69) is 5.32 Å². The van der Waals surface area contributed by atoms with Crippen molar-refractivity contribution in [1.29, 1.82) is 0 Å². The van der Waals surface area contributed by atoms with Crippen molar-refractivity contribution in [2.75, 3.05) is 20.3 Å². The second-order valence-electron chi connectivity index (χ2n) is 3.83. The number of carbonyl (C=O) groups is 1. The molecular weight excluding hydrogens is 182 g/mol. The van der Waals surface area contributed by atoms with Crippen LogP contribution in [0.25, 0.3) is 0 Å². The lowest BCUT2D eigenvalue weighted by atomic mass is 9.85. The van der Waals surface area contributed by atoms with Gasteiger partial charge in [0.25, 0.3) is 0 Å². The Morgan fingerprint density at radius 3 is 2.86 bits per heavy atom. The number of hydrogen-bond acceptors (Lipinski definition) is 3. The van der Waals surface area contributed by atoms with Gasteiger partial charge in [0.1, 0.15) is 6.61 Å². The molecule has 1 saturated carbocycles. The highest BCUT2D eigenvalue weighted by molar-refractivity contribution is 5.77. The van der Waals surface area contributed by atoms with E-state index in [0.29, 0.717) is 0 Å². The molecule has 2 N–H and O–H groups in total. The summed E-state index contributed by atoms with van der Waals surface area (Å²) >= 11 is 0. The summed E-state index contributed by atoms with van der Waals surface area (Å²) in [5.41, 5.74) is 0. The van der Waals surface area contributed by atoms with E-state index in [1.165, 1.54) is 7.11 Å². The van der Waals surface area contributed by atoms with E-state index in [1.54, 1.807) is 0 Å². The number of nitrogens with one attached hydrogen (secondary N) is 1. The standard InChI is InChI=1S/C10H19NO3/c1-14-7-10(13)11-9-5-3-2-4-8(9)6-12/h8-9,12H,2-7H2,1H3,(H,11,13). The molecule has 0 aromatic rings. The molecule has 0 spiro atoms. The predicted octanol–water partition coefficient (Wildman–Crippen LogP) is 0.300. The van der Waals surface area contributed by atoms with Gasteiger partial charge < -0.3 is 15.2 Å². The van der Waals surface area contributed by atoms with Crippen molar-refractivity contribution in [2.24, 2.45) is 5.92 Å². The molecule has 1 aliphatic rings. The summed E-state index contributed by atoms with van der Waals surface area (Å²) in [6.45, 7) is 0.270. The average Bonchev–Trinajstić information content (AvgIpc) is 2.19. The van der Waals surface area contributed by atoms with Crippen molar-refractivity contribution < 1.29 is 14.6 Å². The predicted molar refractivity (Wildman–Crippen MR) is 52.9 cm³/mol. The zero-order valence-electron chi connectivity index (χ0n) is 8.66. The summed E-state index contributed by atoms with van der Waals surface area (Å²) in [5, 5.41) is 12.0. The monoisotopic (exact) mass is 201 g/mol. The highest BCUT2D eigenvalue weighted by Crippen LogP contribution is 2.23. The Labute approximate surface area is 84.6 Å². The average molecular weight is 201 g/mol. The highest BCUT2D eigenvalue weighted by atomic mass is 16.5. The van der Waals surface area contributed by atoms with Gasteiger partial charge in [-0.2, -0.15) is 0 Å². The van der Waals surface area contributed by atoms with Crippen LogP contribution in [0.3, 0.4) is 0 Å². The zero-order valence-corrected chi connectivity index (χ0v) is 8.66. The van der Waals surface area contributed by atoms with E-state index in [9.17, 15) is 4.79 Å². The number of carbonyl (C=O) groups excluding carboxylic acids is 1. The molecule has 0 heterocycles. The summed E-state index contributed by atoms with van der Waals surface area (Å²) in [4.78, 5) is 11.3. The van der Waals surface area contributed by atoms with Gasteiger partial charge in [-0.25, -0.2) is 0 Å². The number of methoxy groups -OCH3 is 1. The number of aliphatic hydroxyl groups excluding tert-OH is 1. The van der Waals surface area contributed by atoms with E-state index in [-0.39, 0.29) is 31.1 Å². The second kappa shape index (κ2) is 5.98. The Morgan fingerprint density at radius 2 is 2.21 bits per heavy atom. The summed E-state index contributed by atoms with van der Waals surface area (Å²) in [6.07, 6.45) is 4.27. The second-order valence-corrected chi connectivity index (χ2v) is 3.83. The summed E-state index contributed by atoms with van der Waals surface area (Å²) in [6, 6.07) is 0.136. The smallest absolute Gasteiger partial charge is 0.246 e. The molecule has 0 aliphatic heterocycles. The number of ether oxygens (including phenoxy) is 1. The summed E-state index contributed by atoms with van der Waals surface area (Å²) in [5.74, 6) is 0.141. The lowest BCUT2D eigenvalue weighted by molar-refractivity contribution is -0.126. The molecule has 0 saturated heterocycles. The van der Waals surface area contributed by atoms with Gasteiger partial charge in [0.05, 0.1) is 0 Å². The molecule has 1 fully saturated rings. The maximum atomic E-state index is 11.3. The maximum Gasteiger partial charge on any atom is 0.246 e. The van der Waals surface area contributed by atoms with Crippen molar-refractivity contribution in [3.63, 3.8) is 0 Å². The number of hydrogen-bond donors (Lipinski definition) is 2. The minimum atomic E-state index is -0.0853. The van der Waals surface area contributed by atoms with Crippen molar-refractivity contribution in [2.45, 2.75) is 31.7 Å². The van der Waals surface area contributed by atoms with Crippen LogP contribution in [-0.2, 0) is 9.53 Å². The molecule has 82 valence electrons. The molecule has 1 aliphatic carbocycles. The zero-order chi connectivity index (χ0) is 10.4.